The first-order chi connectivity index (χ1) is 14.3. The van der Waals surface area contributed by atoms with Gasteiger partial charge in [-0.2, -0.15) is 18.3 Å². The van der Waals surface area contributed by atoms with Crippen LogP contribution in [0.4, 0.5) is 18.9 Å². The minimum atomic E-state index is -4.40. The number of carbonyl (C=O) groups excluding carboxylic acids is 1. The van der Waals surface area contributed by atoms with Crippen molar-refractivity contribution in [2.24, 2.45) is 5.10 Å². The minimum Gasteiger partial charge on any atom is -0.480 e. The molecule has 2 N–H and O–H groups in total. The van der Waals surface area contributed by atoms with Crippen molar-refractivity contribution in [3.05, 3.63) is 29.8 Å². The average Bonchev–Trinajstić information content (AvgIpc) is 3.14. The molecule has 1 amide bonds. The summed E-state index contributed by atoms with van der Waals surface area (Å²) in [5.74, 6) is -1.07. The second-order valence-electron chi connectivity index (χ2n) is 6.12. The van der Waals surface area contributed by atoms with Crippen molar-refractivity contribution in [1.82, 2.24) is 5.32 Å². The number of benzene rings is 1. The number of halogens is 3. The van der Waals surface area contributed by atoms with Crippen molar-refractivity contribution in [3.63, 3.8) is 0 Å². The third kappa shape index (κ3) is 8.35. The number of carboxylic acid groups (broad SMARTS) is 1. The lowest BCUT2D eigenvalue weighted by molar-refractivity contribution is -0.142. The summed E-state index contributed by atoms with van der Waals surface area (Å²) in [5, 5.41) is 16.7. The predicted molar refractivity (Wildman–Crippen MR) is 99.1 cm³/mol. The van der Waals surface area contributed by atoms with Crippen molar-refractivity contribution < 1.29 is 42.1 Å². The topological polar surface area (TPSA) is 110 Å². The number of hydrogen-bond acceptors (Lipinski definition) is 7. The largest absolute Gasteiger partial charge is 0.480 e. The Morgan fingerprint density at radius 2 is 1.63 bits per heavy atom. The molecule has 0 spiro atoms. The fourth-order valence-electron chi connectivity index (χ4n) is 2.41. The van der Waals surface area contributed by atoms with E-state index in [-0.39, 0.29) is 39.6 Å². The number of nitrogens with zero attached hydrogens (tertiary/aromatic N) is 2. The maximum absolute atomic E-state index is 12.6. The fourth-order valence-corrected chi connectivity index (χ4v) is 2.41. The molecule has 0 aromatic heterocycles. The van der Waals surface area contributed by atoms with Gasteiger partial charge in [0.2, 0.25) is 0 Å². The van der Waals surface area contributed by atoms with Gasteiger partial charge in [-0.05, 0) is 24.3 Å². The van der Waals surface area contributed by atoms with Gasteiger partial charge in [-0.1, -0.05) is 0 Å². The van der Waals surface area contributed by atoms with Crippen LogP contribution in [0.25, 0.3) is 0 Å². The highest BCUT2D eigenvalue weighted by Crippen LogP contribution is 2.31. The second-order valence-corrected chi connectivity index (χ2v) is 6.12. The predicted octanol–water partition coefficient (Wildman–Crippen LogP) is 1.48. The van der Waals surface area contributed by atoms with Gasteiger partial charge in [0.05, 0.1) is 37.7 Å². The van der Waals surface area contributed by atoms with Gasteiger partial charge in [0.15, 0.2) is 0 Å². The van der Waals surface area contributed by atoms with Crippen LogP contribution >= 0.6 is 0 Å². The number of carboxylic acids is 1. The van der Waals surface area contributed by atoms with Crippen LogP contribution in [0.3, 0.4) is 0 Å². The first kappa shape index (κ1) is 23.6. The van der Waals surface area contributed by atoms with E-state index in [1.165, 1.54) is 17.1 Å². The highest BCUT2D eigenvalue weighted by Gasteiger charge is 2.30. The highest BCUT2D eigenvalue weighted by molar-refractivity contribution is 6.00. The molecular formula is C18H22F3N3O6. The molecule has 166 valence electrons. The minimum absolute atomic E-state index is 0.141. The number of anilines is 1. The molecule has 0 radical (unpaired) electrons. The van der Waals surface area contributed by atoms with E-state index in [4.69, 9.17) is 19.3 Å². The first-order valence-corrected chi connectivity index (χ1v) is 9.03. The Morgan fingerprint density at radius 1 is 1.03 bits per heavy atom. The third-order valence-electron chi connectivity index (χ3n) is 3.78. The molecule has 2 rings (SSSR count). The summed E-state index contributed by atoms with van der Waals surface area (Å²) in [6.45, 7) is 0.558. The van der Waals surface area contributed by atoms with Gasteiger partial charge in [0.25, 0.3) is 5.91 Å². The van der Waals surface area contributed by atoms with Crippen LogP contribution in [0, 0.1) is 0 Å². The highest BCUT2D eigenvalue weighted by atomic mass is 19.4. The number of nitrogens with one attached hydrogen (secondary N) is 1. The van der Waals surface area contributed by atoms with Crippen molar-refractivity contribution in [3.8, 4) is 0 Å². The van der Waals surface area contributed by atoms with Crippen LogP contribution in [0.5, 0.6) is 0 Å². The van der Waals surface area contributed by atoms with Gasteiger partial charge in [0, 0.05) is 13.0 Å². The van der Waals surface area contributed by atoms with Gasteiger partial charge in [-0.15, -0.1) is 0 Å². The van der Waals surface area contributed by atoms with E-state index in [1.807, 2.05) is 0 Å². The number of carbonyl (C=O) groups is 2. The van der Waals surface area contributed by atoms with Crippen molar-refractivity contribution in [2.75, 3.05) is 51.2 Å². The zero-order valence-corrected chi connectivity index (χ0v) is 16.0. The summed E-state index contributed by atoms with van der Waals surface area (Å²) in [4.78, 5) is 22.1. The lowest BCUT2D eigenvalue weighted by Crippen LogP contribution is -2.33. The summed E-state index contributed by atoms with van der Waals surface area (Å²) in [7, 11) is 0. The molecule has 0 atom stereocenters. The summed E-state index contributed by atoms with van der Waals surface area (Å²) in [6, 6.07) is 4.62. The zero-order valence-electron chi connectivity index (χ0n) is 16.0. The molecule has 0 saturated carbocycles. The molecule has 9 nitrogen and oxygen atoms in total. The molecule has 1 heterocycles. The van der Waals surface area contributed by atoms with Gasteiger partial charge >= 0.3 is 12.1 Å². The van der Waals surface area contributed by atoms with E-state index in [1.54, 1.807) is 0 Å². The van der Waals surface area contributed by atoms with E-state index in [0.29, 0.717) is 24.5 Å². The molecule has 1 aliphatic rings. The van der Waals surface area contributed by atoms with E-state index >= 15 is 0 Å². The van der Waals surface area contributed by atoms with Crippen LogP contribution in [-0.2, 0) is 30.0 Å². The Balaban J connectivity index is 1.62. The van der Waals surface area contributed by atoms with Gasteiger partial charge < -0.3 is 24.6 Å². The first-order valence-electron chi connectivity index (χ1n) is 9.03. The standard InChI is InChI=1S/C18H22F3N3O6/c19-18(20,21)13-1-3-14(4-2-13)24-6-5-15(23-24)22-16(25)11-29-9-7-28-8-10-30-12-17(26)27/h1-4H,5-12H2,(H,26,27)(H,22,23,25). The lowest BCUT2D eigenvalue weighted by Gasteiger charge is -2.14. The Labute approximate surface area is 170 Å². The zero-order chi connectivity index (χ0) is 22.0. The summed E-state index contributed by atoms with van der Waals surface area (Å²) < 4.78 is 52.9. The van der Waals surface area contributed by atoms with E-state index in [9.17, 15) is 22.8 Å². The van der Waals surface area contributed by atoms with Crippen molar-refractivity contribution in [2.45, 2.75) is 12.6 Å². The van der Waals surface area contributed by atoms with E-state index in [0.717, 1.165) is 12.1 Å². The van der Waals surface area contributed by atoms with Gasteiger partial charge in [-0.25, -0.2) is 4.79 Å². The monoisotopic (exact) mass is 433 g/mol. The van der Waals surface area contributed by atoms with Crippen LogP contribution in [0.15, 0.2) is 29.4 Å². The third-order valence-corrected chi connectivity index (χ3v) is 3.78. The Kier molecular flexibility index (Phi) is 9.02. The molecule has 0 unspecified atom stereocenters. The van der Waals surface area contributed by atoms with Crippen molar-refractivity contribution >= 4 is 23.4 Å². The summed E-state index contributed by atoms with van der Waals surface area (Å²) in [6.07, 6.45) is -3.96. The normalized spacial score (nSPS) is 14.0. The fraction of sp³-hybridized carbons (Fsp3) is 0.500. The molecule has 30 heavy (non-hydrogen) atoms. The summed E-state index contributed by atoms with van der Waals surface area (Å²) in [5.41, 5.74) is -0.246. The number of alkyl halides is 3. The number of rotatable bonds is 11. The molecule has 0 bridgehead atoms. The second kappa shape index (κ2) is 11.5. The number of amidine groups is 1. The van der Waals surface area contributed by atoms with Gasteiger partial charge in [0.1, 0.15) is 19.0 Å². The molecule has 1 aliphatic heterocycles. The molecule has 1 aromatic rings. The van der Waals surface area contributed by atoms with Crippen LogP contribution < -0.4 is 10.3 Å². The van der Waals surface area contributed by atoms with E-state index in [2.05, 4.69) is 10.4 Å². The van der Waals surface area contributed by atoms with Gasteiger partial charge in [-0.3, -0.25) is 9.80 Å². The smallest absolute Gasteiger partial charge is 0.416 e. The number of aliphatic carboxylic acids is 1. The summed E-state index contributed by atoms with van der Waals surface area (Å²) >= 11 is 0. The number of hydrazone groups is 1. The van der Waals surface area contributed by atoms with E-state index < -0.39 is 23.6 Å². The number of amides is 1. The SMILES string of the molecule is O=C(O)COCCOCCOCC(=O)NC1=NN(c2ccc(C(F)(F)F)cc2)CC1. The molecule has 0 aliphatic carbocycles. The molecule has 1 aromatic carbocycles. The van der Waals surface area contributed by atoms with Crippen LogP contribution in [0.1, 0.15) is 12.0 Å². The molecule has 0 saturated heterocycles. The van der Waals surface area contributed by atoms with Crippen molar-refractivity contribution in [1.29, 1.82) is 0 Å². The number of ether oxygens (including phenoxy) is 3. The maximum Gasteiger partial charge on any atom is 0.416 e. The molecule has 0 fully saturated rings. The Bertz CT molecular complexity index is 740. The average molecular weight is 433 g/mol. The van der Waals surface area contributed by atoms with Crippen LogP contribution in [-0.4, -0.2) is 69.0 Å². The Hall–Kier alpha value is -2.70. The van der Waals surface area contributed by atoms with Crippen LogP contribution in [0.2, 0.25) is 0 Å². The maximum atomic E-state index is 12.6. The number of hydrogen-bond donors (Lipinski definition) is 2. The molecular weight excluding hydrogens is 411 g/mol. The lowest BCUT2D eigenvalue weighted by atomic mass is 10.2. The molecule has 12 heteroatoms. The Morgan fingerprint density at radius 3 is 2.23 bits per heavy atom. The quantitative estimate of drug-likeness (QED) is 0.509.